The first kappa shape index (κ1) is 19.4. The van der Waals surface area contributed by atoms with E-state index in [4.69, 9.17) is 4.42 Å². The maximum Gasteiger partial charge on any atom is 0.470 e. The van der Waals surface area contributed by atoms with Gasteiger partial charge in [0.25, 0.3) is 0 Å². The average molecular weight is 415 g/mol. The van der Waals surface area contributed by atoms with Gasteiger partial charge in [0.2, 0.25) is 15.9 Å². The van der Waals surface area contributed by atoms with Crippen LogP contribution in [0.2, 0.25) is 0 Å². The molecule has 4 rings (SSSR count). The fourth-order valence-electron chi connectivity index (χ4n) is 3.90. The molecule has 1 fully saturated rings. The van der Waals surface area contributed by atoms with Crippen LogP contribution in [0.3, 0.4) is 0 Å². The Morgan fingerprint density at radius 3 is 2.54 bits per heavy atom. The minimum Gasteiger partial charge on any atom is -0.417 e. The summed E-state index contributed by atoms with van der Waals surface area (Å²) in [5, 5.41) is 6.54. The number of piperidine rings is 1. The molecule has 6 nitrogen and oxygen atoms in total. The molecule has 152 valence electrons. The molecule has 0 N–H and O–H groups in total. The summed E-state index contributed by atoms with van der Waals surface area (Å²) in [7, 11) is -3.74. The highest BCUT2D eigenvalue weighted by molar-refractivity contribution is 7.89. The monoisotopic (exact) mass is 415 g/mol. The van der Waals surface area contributed by atoms with Crippen molar-refractivity contribution in [3.05, 3.63) is 41.1 Å². The van der Waals surface area contributed by atoms with Crippen LogP contribution in [-0.2, 0) is 29.0 Å². The molecule has 1 saturated heterocycles. The van der Waals surface area contributed by atoms with Crippen LogP contribution in [0.15, 0.2) is 27.5 Å². The number of benzene rings is 1. The van der Waals surface area contributed by atoms with Crippen molar-refractivity contribution in [1.29, 1.82) is 0 Å². The number of sulfonamides is 1. The molecule has 10 heteroatoms. The number of fused-ring (bicyclic) bond motifs is 1. The first-order valence-corrected chi connectivity index (χ1v) is 10.7. The number of aromatic nitrogens is 2. The fourth-order valence-corrected chi connectivity index (χ4v) is 5.47. The molecule has 2 aromatic rings. The van der Waals surface area contributed by atoms with E-state index in [1.165, 1.54) is 9.87 Å². The highest BCUT2D eigenvalue weighted by Gasteiger charge is 2.40. The van der Waals surface area contributed by atoms with Crippen LogP contribution in [-0.4, -0.2) is 36.0 Å². The van der Waals surface area contributed by atoms with Crippen molar-refractivity contribution < 1.29 is 26.0 Å². The van der Waals surface area contributed by atoms with Crippen LogP contribution in [0.25, 0.3) is 0 Å². The van der Waals surface area contributed by atoms with Gasteiger partial charge in [0.15, 0.2) is 0 Å². The summed E-state index contributed by atoms with van der Waals surface area (Å²) in [6, 6.07) is 5.23. The second-order valence-corrected chi connectivity index (χ2v) is 9.22. The number of hydrogen-bond acceptors (Lipinski definition) is 5. The summed E-state index contributed by atoms with van der Waals surface area (Å²) in [5.74, 6) is -2.13. The van der Waals surface area contributed by atoms with E-state index >= 15 is 0 Å². The standard InChI is InChI=1S/C18H20F3N3O3S/c19-18(20,21)17-23-22-16(27-17)14-6-3-9-24(11-14)28(25,26)15-8-7-12-4-1-2-5-13(12)10-15/h7-8,10,14H,1-6,9,11H2. The van der Waals surface area contributed by atoms with Gasteiger partial charge >= 0.3 is 12.1 Å². The fraction of sp³-hybridized carbons (Fsp3) is 0.556. The Bertz CT molecular complexity index is 972. The topological polar surface area (TPSA) is 76.3 Å². The van der Waals surface area contributed by atoms with Gasteiger partial charge in [-0.15, -0.1) is 10.2 Å². The van der Waals surface area contributed by atoms with E-state index in [2.05, 4.69) is 10.2 Å². The smallest absolute Gasteiger partial charge is 0.417 e. The van der Waals surface area contributed by atoms with Crippen molar-refractivity contribution in [3.63, 3.8) is 0 Å². The zero-order valence-corrected chi connectivity index (χ0v) is 15.9. The van der Waals surface area contributed by atoms with Crippen molar-refractivity contribution in [2.75, 3.05) is 13.1 Å². The molecule has 1 aromatic carbocycles. The van der Waals surface area contributed by atoms with Crippen molar-refractivity contribution >= 4 is 10.0 Å². The first-order valence-electron chi connectivity index (χ1n) is 9.28. The molecule has 0 amide bonds. The number of hydrogen-bond donors (Lipinski definition) is 0. The second kappa shape index (κ2) is 7.14. The van der Waals surface area contributed by atoms with E-state index in [-0.39, 0.29) is 17.3 Å². The SMILES string of the molecule is O=S(=O)(c1ccc2c(c1)CCCC2)N1CCCC(c2nnc(C(F)(F)F)o2)C1. The number of nitrogens with zero attached hydrogens (tertiary/aromatic N) is 3. The van der Waals surface area contributed by atoms with E-state index in [0.29, 0.717) is 19.4 Å². The molecule has 0 bridgehead atoms. The Balaban J connectivity index is 1.56. The van der Waals surface area contributed by atoms with E-state index in [0.717, 1.165) is 31.2 Å². The molecule has 28 heavy (non-hydrogen) atoms. The lowest BCUT2D eigenvalue weighted by atomic mass is 9.92. The van der Waals surface area contributed by atoms with Gasteiger partial charge in [-0.05, 0) is 61.8 Å². The van der Waals surface area contributed by atoms with Gasteiger partial charge < -0.3 is 4.42 Å². The Kier molecular flexibility index (Phi) is 4.95. The lowest BCUT2D eigenvalue weighted by molar-refractivity contribution is -0.157. The Hall–Kier alpha value is -1.94. The van der Waals surface area contributed by atoms with E-state index < -0.39 is 28.0 Å². The first-order chi connectivity index (χ1) is 13.2. The average Bonchev–Trinajstić information content (AvgIpc) is 3.18. The van der Waals surface area contributed by atoms with Crippen LogP contribution in [0.1, 0.15) is 54.5 Å². The predicted molar refractivity (Wildman–Crippen MR) is 93.1 cm³/mol. The number of alkyl halides is 3. The highest BCUT2D eigenvalue weighted by atomic mass is 32.2. The molecule has 1 aliphatic heterocycles. The maximum absolute atomic E-state index is 13.1. The third-order valence-electron chi connectivity index (χ3n) is 5.37. The van der Waals surface area contributed by atoms with Gasteiger partial charge in [0.05, 0.1) is 10.8 Å². The zero-order valence-electron chi connectivity index (χ0n) is 15.1. The minimum atomic E-state index is -4.71. The summed E-state index contributed by atoms with van der Waals surface area (Å²) in [5.41, 5.74) is 2.25. The highest BCUT2D eigenvalue weighted by Crippen LogP contribution is 2.34. The van der Waals surface area contributed by atoms with Gasteiger partial charge in [0.1, 0.15) is 0 Å². The lowest BCUT2D eigenvalue weighted by Crippen LogP contribution is -2.39. The van der Waals surface area contributed by atoms with Crippen LogP contribution in [0.4, 0.5) is 13.2 Å². The van der Waals surface area contributed by atoms with Gasteiger partial charge in [0, 0.05) is 13.1 Å². The van der Waals surface area contributed by atoms with Crippen LogP contribution >= 0.6 is 0 Å². The molecular formula is C18H20F3N3O3S. The van der Waals surface area contributed by atoms with Crippen LogP contribution < -0.4 is 0 Å². The van der Waals surface area contributed by atoms with Gasteiger partial charge in [-0.25, -0.2) is 8.42 Å². The molecule has 1 aromatic heterocycles. The van der Waals surface area contributed by atoms with Crippen molar-refractivity contribution in [3.8, 4) is 0 Å². The predicted octanol–water partition coefficient (Wildman–Crippen LogP) is 3.54. The van der Waals surface area contributed by atoms with Gasteiger partial charge in [-0.1, -0.05) is 6.07 Å². The van der Waals surface area contributed by atoms with Crippen LogP contribution in [0.5, 0.6) is 0 Å². The van der Waals surface area contributed by atoms with Gasteiger partial charge in [-0.2, -0.15) is 17.5 Å². The summed E-state index contributed by atoms with van der Waals surface area (Å²) in [4.78, 5) is 0.232. The normalized spacial score (nSPS) is 21.5. The van der Waals surface area contributed by atoms with Crippen molar-refractivity contribution in [1.82, 2.24) is 14.5 Å². The van der Waals surface area contributed by atoms with Crippen LogP contribution in [0, 0.1) is 0 Å². The summed E-state index contributed by atoms with van der Waals surface area (Å²) in [6.45, 7) is 0.342. The van der Waals surface area contributed by atoms with Crippen molar-refractivity contribution in [2.24, 2.45) is 0 Å². The third-order valence-corrected chi connectivity index (χ3v) is 7.24. The van der Waals surface area contributed by atoms with Crippen molar-refractivity contribution in [2.45, 2.75) is 55.5 Å². The largest absolute Gasteiger partial charge is 0.470 e. The molecule has 0 radical (unpaired) electrons. The second-order valence-electron chi connectivity index (χ2n) is 7.28. The zero-order chi connectivity index (χ0) is 19.9. The number of aryl methyl sites for hydroxylation is 2. The summed E-state index contributed by atoms with van der Waals surface area (Å²) in [6.07, 6.45) is 0.269. The molecule has 0 spiro atoms. The lowest BCUT2D eigenvalue weighted by Gasteiger charge is -2.30. The Labute approximate surface area is 160 Å². The molecule has 2 aliphatic rings. The molecule has 0 saturated carbocycles. The quantitative estimate of drug-likeness (QED) is 0.767. The molecule has 1 unspecified atom stereocenters. The molecular weight excluding hydrogens is 395 g/mol. The summed E-state index contributed by atoms with van der Waals surface area (Å²) >= 11 is 0. The Morgan fingerprint density at radius 2 is 1.82 bits per heavy atom. The third kappa shape index (κ3) is 3.67. The summed E-state index contributed by atoms with van der Waals surface area (Å²) < 4.78 is 70.3. The number of halogens is 3. The molecule has 1 atom stereocenters. The Morgan fingerprint density at radius 1 is 1.07 bits per heavy atom. The maximum atomic E-state index is 13.1. The molecule has 2 heterocycles. The van der Waals surface area contributed by atoms with E-state index in [1.807, 2.05) is 6.07 Å². The van der Waals surface area contributed by atoms with E-state index in [1.54, 1.807) is 12.1 Å². The van der Waals surface area contributed by atoms with Gasteiger partial charge in [-0.3, -0.25) is 0 Å². The minimum absolute atomic E-state index is 0.0267. The molecule has 1 aliphatic carbocycles. The number of rotatable bonds is 3. The van der Waals surface area contributed by atoms with E-state index in [9.17, 15) is 21.6 Å².